The van der Waals surface area contributed by atoms with Crippen LogP contribution in [0.3, 0.4) is 0 Å². The number of halogens is 4. The van der Waals surface area contributed by atoms with Crippen molar-refractivity contribution in [2.45, 2.75) is 26.9 Å². The van der Waals surface area contributed by atoms with Crippen LogP contribution in [0.5, 0.6) is 0 Å². The molecule has 5 nitrogen and oxygen atoms in total. The fourth-order valence-corrected chi connectivity index (χ4v) is 8.06. The van der Waals surface area contributed by atoms with Crippen molar-refractivity contribution >= 4 is 61.6 Å². The van der Waals surface area contributed by atoms with Crippen molar-refractivity contribution in [3.05, 3.63) is 201 Å². The molecule has 9 rings (SSSR count). The number of aromatic nitrogens is 4. The first-order valence-corrected chi connectivity index (χ1v) is 21.1. The Morgan fingerprint density at radius 2 is 1.03 bits per heavy atom. The van der Waals surface area contributed by atoms with Crippen LogP contribution in [0.1, 0.15) is 34.7 Å². The van der Waals surface area contributed by atoms with Crippen molar-refractivity contribution in [2.75, 3.05) is 0 Å². The highest BCUT2D eigenvalue weighted by Gasteiger charge is 2.31. The molecule has 0 aliphatic carbocycles. The van der Waals surface area contributed by atoms with Crippen molar-refractivity contribution in [3.63, 3.8) is 0 Å². The van der Waals surface area contributed by atoms with Gasteiger partial charge in [-0.1, -0.05) is 109 Å². The number of fused-ring (bicyclic) bond motifs is 2. The fraction of sp³-hybridized carbons (Fsp3) is 0.0755. The van der Waals surface area contributed by atoms with E-state index in [1.165, 1.54) is 6.07 Å². The molecule has 0 unspecified atom stereocenters. The number of rotatable bonds is 8. The minimum absolute atomic E-state index is 0.220. The Balaban J connectivity index is 1.37. The van der Waals surface area contributed by atoms with E-state index in [2.05, 4.69) is 40.8 Å². The van der Waals surface area contributed by atoms with Gasteiger partial charge >= 0.3 is 6.18 Å². The average Bonchev–Trinajstić information content (AvgIpc) is 3.29. The second-order valence-corrected chi connectivity index (χ2v) is 16.3. The Labute approximate surface area is 371 Å². The van der Waals surface area contributed by atoms with Crippen LogP contribution < -0.4 is 0 Å². The maximum Gasteiger partial charge on any atom is 0.416 e. The summed E-state index contributed by atoms with van der Waals surface area (Å²) in [5.74, 6) is 0. The third-order valence-corrected chi connectivity index (χ3v) is 11.4. The van der Waals surface area contributed by atoms with Crippen molar-refractivity contribution in [1.82, 2.24) is 19.9 Å². The van der Waals surface area contributed by atoms with Crippen LogP contribution in [0.15, 0.2) is 175 Å². The summed E-state index contributed by atoms with van der Waals surface area (Å²) in [6.07, 6.45) is -2.58. The van der Waals surface area contributed by atoms with E-state index in [4.69, 9.17) is 24.9 Å². The van der Waals surface area contributed by atoms with E-state index in [1.54, 1.807) is 6.92 Å². The smallest absolute Gasteiger partial charge is 0.247 e. The second-order valence-electron chi connectivity index (χ2n) is 15.0. The van der Waals surface area contributed by atoms with E-state index >= 15 is 0 Å². The van der Waals surface area contributed by atoms with Gasteiger partial charge in [0.25, 0.3) is 0 Å². The van der Waals surface area contributed by atoms with Gasteiger partial charge in [-0.25, -0.2) is 24.9 Å². The van der Waals surface area contributed by atoms with Crippen LogP contribution in [0.2, 0.25) is 0 Å². The monoisotopic (exact) mass is 927 g/mol. The highest BCUT2D eigenvalue weighted by atomic mass is 127. The normalized spacial score (nSPS) is 12.3. The third-order valence-electron chi connectivity index (χ3n) is 10.7. The standard InChI is InChI=1S/C53H37F3IN5/c1-4-42(48(34-14-8-5-9-15-34)60-45-30-40(53(54,55)56)22-21-33(45)3)37-27-38(51-49(35-16-10-6-11-17-35)61-46-26-32(2)20-24-43(46)58-51)29-39(28-37)52-50(36-18-12-7-13-19-36)62-47-31-41(57)23-25-44(47)59-52/h4-31H,1-3H3/b42-4-,60-48?. The Bertz CT molecular complexity index is 3060. The molecule has 0 aliphatic rings. The summed E-state index contributed by atoms with van der Waals surface area (Å²) < 4.78 is 43.4. The van der Waals surface area contributed by atoms with E-state index in [0.29, 0.717) is 39.6 Å². The molecule has 0 spiro atoms. The zero-order valence-corrected chi connectivity index (χ0v) is 36.1. The van der Waals surface area contributed by atoms with Gasteiger partial charge in [0, 0.05) is 37.0 Å². The summed E-state index contributed by atoms with van der Waals surface area (Å²) in [7, 11) is 0. The Kier molecular flexibility index (Phi) is 11.1. The molecule has 0 aliphatic heterocycles. The molecule has 0 fully saturated rings. The number of nitrogens with zero attached hydrogens (tertiary/aromatic N) is 5. The lowest BCUT2D eigenvalue weighted by Gasteiger charge is -2.18. The summed E-state index contributed by atoms with van der Waals surface area (Å²) in [4.78, 5) is 26.2. The molecule has 62 heavy (non-hydrogen) atoms. The quantitative estimate of drug-likeness (QED) is 0.112. The van der Waals surface area contributed by atoms with Gasteiger partial charge in [0.15, 0.2) is 0 Å². The highest BCUT2D eigenvalue weighted by Crippen LogP contribution is 2.40. The Morgan fingerprint density at radius 1 is 0.516 bits per heavy atom. The first-order valence-electron chi connectivity index (χ1n) is 20.0. The summed E-state index contributed by atoms with van der Waals surface area (Å²) in [6, 6.07) is 51.5. The summed E-state index contributed by atoms with van der Waals surface area (Å²) in [5.41, 5.74) is 12.9. The largest absolute Gasteiger partial charge is 0.416 e. The number of allylic oxidation sites excluding steroid dienone is 2. The SMILES string of the molecule is C/C=C(\C(=Nc1cc(C(F)(F)F)ccc1C)c1ccccc1)c1cc(-c2nc3ccc(C)cc3nc2-c2ccccc2)cc(-c2nc3ccc(I)cc3nc2-c2ccccc2)c1. The predicted octanol–water partition coefficient (Wildman–Crippen LogP) is 14.7. The summed E-state index contributed by atoms with van der Waals surface area (Å²) >= 11 is 2.29. The molecule has 0 saturated carbocycles. The van der Waals surface area contributed by atoms with E-state index in [-0.39, 0.29) is 5.69 Å². The average molecular weight is 928 g/mol. The molecular formula is C53H37F3IN5. The van der Waals surface area contributed by atoms with Gasteiger partial charge in [0.2, 0.25) is 0 Å². The maximum absolute atomic E-state index is 14.1. The van der Waals surface area contributed by atoms with Crippen molar-refractivity contribution in [1.29, 1.82) is 0 Å². The van der Waals surface area contributed by atoms with Crippen molar-refractivity contribution < 1.29 is 13.2 Å². The van der Waals surface area contributed by atoms with E-state index in [9.17, 15) is 13.2 Å². The van der Waals surface area contributed by atoms with E-state index in [1.807, 2.05) is 147 Å². The minimum Gasteiger partial charge on any atom is -0.247 e. The lowest BCUT2D eigenvalue weighted by Crippen LogP contribution is -2.07. The van der Waals surface area contributed by atoms with Crippen LogP contribution in [0.25, 0.3) is 72.7 Å². The summed E-state index contributed by atoms with van der Waals surface area (Å²) in [5, 5.41) is 0. The fourth-order valence-electron chi connectivity index (χ4n) is 7.59. The molecule has 7 aromatic carbocycles. The molecule has 302 valence electrons. The first-order chi connectivity index (χ1) is 30.0. The lowest BCUT2D eigenvalue weighted by atomic mass is 9.90. The summed E-state index contributed by atoms with van der Waals surface area (Å²) in [6.45, 7) is 5.72. The molecule has 0 N–H and O–H groups in total. The molecule has 0 bridgehead atoms. The number of alkyl halides is 3. The van der Waals surface area contributed by atoms with Gasteiger partial charge in [-0.2, -0.15) is 13.2 Å². The number of hydrogen-bond acceptors (Lipinski definition) is 5. The highest BCUT2D eigenvalue weighted by molar-refractivity contribution is 14.1. The van der Waals surface area contributed by atoms with Gasteiger partial charge in [-0.05, 0) is 121 Å². The Hall–Kier alpha value is -6.85. The van der Waals surface area contributed by atoms with Crippen LogP contribution in [0.4, 0.5) is 18.9 Å². The molecule has 2 heterocycles. The molecule has 2 aromatic heterocycles. The minimum atomic E-state index is -4.54. The van der Waals surface area contributed by atoms with Gasteiger partial charge in [-0.3, -0.25) is 0 Å². The number of aryl methyl sites for hydroxylation is 2. The van der Waals surface area contributed by atoms with Crippen molar-refractivity contribution in [2.24, 2.45) is 4.99 Å². The molecular weight excluding hydrogens is 891 g/mol. The maximum atomic E-state index is 14.1. The zero-order chi connectivity index (χ0) is 43.0. The molecule has 0 atom stereocenters. The van der Waals surface area contributed by atoms with Crippen LogP contribution in [0, 0.1) is 17.4 Å². The van der Waals surface area contributed by atoms with Gasteiger partial charge < -0.3 is 0 Å². The van der Waals surface area contributed by atoms with E-state index < -0.39 is 11.7 Å². The zero-order valence-electron chi connectivity index (χ0n) is 33.9. The van der Waals surface area contributed by atoms with Gasteiger partial charge in [0.1, 0.15) is 0 Å². The first kappa shape index (κ1) is 40.6. The van der Waals surface area contributed by atoms with Crippen molar-refractivity contribution in [3.8, 4) is 45.0 Å². The third kappa shape index (κ3) is 8.28. The van der Waals surface area contributed by atoms with Crippen LogP contribution >= 0.6 is 22.6 Å². The molecule has 0 amide bonds. The topological polar surface area (TPSA) is 63.9 Å². The van der Waals surface area contributed by atoms with Gasteiger partial charge in [-0.15, -0.1) is 0 Å². The number of benzene rings is 7. The molecule has 0 saturated heterocycles. The Morgan fingerprint density at radius 3 is 1.60 bits per heavy atom. The lowest BCUT2D eigenvalue weighted by molar-refractivity contribution is -0.137. The number of aliphatic imine (C=N–C) groups is 1. The second kappa shape index (κ2) is 16.9. The molecule has 9 heteroatoms. The molecule has 9 aromatic rings. The predicted molar refractivity (Wildman–Crippen MR) is 254 cm³/mol. The van der Waals surface area contributed by atoms with E-state index in [0.717, 1.165) is 76.7 Å². The number of hydrogen-bond donors (Lipinski definition) is 0. The van der Waals surface area contributed by atoms with Gasteiger partial charge in [0.05, 0.1) is 61.8 Å². The molecule has 0 radical (unpaired) electrons. The van der Waals surface area contributed by atoms with Crippen LogP contribution in [-0.4, -0.2) is 25.6 Å². The van der Waals surface area contributed by atoms with Crippen LogP contribution in [-0.2, 0) is 6.18 Å².